The van der Waals surface area contributed by atoms with Crippen LogP contribution in [-0.4, -0.2) is 40.8 Å². The third-order valence-electron chi connectivity index (χ3n) is 5.59. The molecule has 31 heavy (non-hydrogen) atoms. The van der Waals surface area contributed by atoms with Crippen molar-refractivity contribution in [3.05, 3.63) is 77.1 Å². The number of nitrogens with one attached hydrogen (secondary N) is 1. The summed E-state index contributed by atoms with van der Waals surface area (Å²) in [6.45, 7) is 4.33. The van der Waals surface area contributed by atoms with Crippen molar-refractivity contribution in [1.29, 1.82) is 0 Å². The van der Waals surface area contributed by atoms with E-state index in [4.69, 9.17) is 4.74 Å². The zero-order chi connectivity index (χ0) is 22.0. The number of aryl methyl sites for hydroxylation is 2. The molecule has 0 unspecified atom stereocenters. The highest BCUT2D eigenvalue weighted by molar-refractivity contribution is 6.09. The fourth-order valence-corrected chi connectivity index (χ4v) is 3.87. The molecule has 1 aliphatic heterocycles. The van der Waals surface area contributed by atoms with Crippen LogP contribution >= 0.6 is 0 Å². The van der Waals surface area contributed by atoms with Crippen LogP contribution in [0.4, 0.5) is 5.69 Å². The molecule has 2 aromatic carbocycles. The molecule has 7 nitrogen and oxygen atoms in total. The maximum atomic E-state index is 13.5. The summed E-state index contributed by atoms with van der Waals surface area (Å²) < 4.78 is 7.65. The second-order valence-electron chi connectivity index (χ2n) is 7.69. The van der Waals surface area contributed by atoms with Gasteiger partial charge in [0.2, 0.25) is 0 Å². The van der Waals surface area contributed by atoms with Gasteiger partial charge in [0.15, 0.2) is 6.10 Å². The van der Waals surface area contributed by atoms with Crippen molar-refractivity contribution in [1.82, 2.24) is 15.1 Å². The van der Waals surface area contributed by atoms with E-state index in [0.29, 0.717) is 29.2 Å². The molecule has 1 atom stereocenters. The highest BCUT2D eigenvalue weighted by Crippen LogP contribution is 2.34. The van der Waals surface area contributed by atoms with Gasteiger partial charge in [-0.05, 0) is 38.0 Å². The lowest BCUT2D eigenvalue weighted by Gasteiger charge is -2.34. The summed E-state index contributed by atoms with van der Waals surface area (Å²) in [5, 5.41) is 7.30. The summed E-state index contributed by atoms with van der Waals surface area (Å²) in [6.07, 6.45) is -0.0565. The number of carbonyl (C=O) groups excluding carboxylic acids is 2. The molecule has 3 aromatic rings. The Morgan fingerprint density at radius 2 is 1.81 bits per heavy atom. The molecular weight excluding hydrogens is 392 g/mol. The third kappa shape index (κ3) is 4.17. The van der Waals surface area contributed by atoms with Crippen LogP contribution in [0.15, 0.2) is 54.6 Å². The number of ether oxygens (including phenoxy) is 1. The molecular formula is C24H26N4O3. The number of rotatable bonds is 5. The smallest absolute Gasteiger partial charge is 0.262 e. The summed E-state index contributed by atoms with van der Waals surface area (Å²) >= 11 is 0. The molecule has 0 aliphatic carbocycles. The van der Waals surface area contributed by atoms with Crippen molar-refractivity contribution >= 4 is 17.5 Å². The lowest BCUT2D eigenvalue weighted by Crippen LogP contribution is -2.51. The number of anilines is 1. The summed E-state index contributed by atoms with van der Waals surface area (Å²) in [4.78, 5) is 27.9. The van der Waals surface area contributed by atoms with Crippen molar-refractivity contribution in [3.8, 4) is 5.75 Å². The van der Waals surface area contributed by atoms with Crippen LogP contribution in [-0.2, 0) is 18.3 Å². The number of benzene rings is 2. The van der Waals surface area contributed by atoms with Gasteiger partial charge in [-0.3, -0.25) is 14.3 Å². The summed E-state index contributed by atoms with van der Waals surface area (Å²) in [5.41, 5.74) is 3.82. The Bertz CT molecular complexity index is 1110. The molecule has 0 bridgehead atoms. The number of carbonyl (C=O) groups is 2. The van der Waals surface area contributed by atoms with Gasteiger partial charge in [-0.25, -0.2) is 0 Å². The maximum Gasteiger partial charge on any atom is 0.262 e. The molecule has 2 amide bonds. The molecule has 0 radical (unpaired) electrons. The fourth-order valence-electron chi connectivity index (χ4n) is 3.87. The number of fused-ring (bicyclic) bond motifs is 1. The van der Waals surface area contributed by atoms with Gasteiger partial charge in [0.25, 0.3) is 11.8 Å². The molecule has 7 heteroatoms. The third-order valence-corrected chi connectivity index (χ3v) is 5.59. The fraction of sp³-hybridized carbons (Fsp3) is 0.292. The van der Waals surface area contributed by atoms with Gasteiger partial charge in [0.1, 0.15) is 5.75 Å². The summed E-state index contributed by atoms with van der Waals surface area (Å²) in [5.74, 6) is 0.105. The van der Waals surface area contributed by atoms with E-state index in [0.717, 1.165) is 17.7 Å². The second-order valence-corrected chi connectivity index (χ2v) is 7.69. The lowest BCUT2D eigenvalue weighted by molar-refractivity contribution is -0.127. The number of para-hydroxylation sites is 2. The SMILES string of the molecule is Cc1nn(C)c(C)c1C(=O)N1C[C@H](C(=O)NCCc2ccccc2)Oc2ccccc21. The molecule has 2 heterocycles. The van der Waals surface area contributed by atoms with E-state index >= 15 is 0 Å². The second kappa shape index (κ2) is 8.63. The van der Waals surface area contributed by atoms with Gasteiger partial charge in [0.05, 0.1) is 23.5 Å². The summed E-state index contributed by atoms with van der Waals surface area (Å²) in [6, 6.07) is 17.3. The minimum atomic E-state index is -0.785. The first-order chi connectivity index (χ1) is 15.0. The molecule has 0 spiro atoms. The molecule has 0 saturated carbocycles. The van der Waals surface area contributed by atoms with Crippen LogP contribution in [0.1, 0.15) is 27.3 Å². The minimum Gasteiger partial charge on any atom is -0.477 e. The first-order valence-corrected chi connectivity index (χ1v) is 10.3. The molecule has 0 fully saturated rings. The van der Waals surface area contributed by atoms with Crippen molar-refractivity contribution in [2.45, 2.75) is 26.4 Å². The van der Waals surface area contributed by atoms with Gasteiger partial charge < -0.3 is 15.0 Å². The van der Waals surface area contributed by atoms with Crippen LogP contribution in [0, 0.1) is 13.8 Å². The van der Waals surface area contributed by atoms with E-state index in [1.807, 2.05) is 69.4 Å². The predicted octanol–water partition coefficient (Wildman–Crippen LogP) is 2.80. The van der Waals surface area contributed by atoms with Crippen LogP contribution in [0.2, 0.25) is 0 Å². The Hall–Kier alpha value is -3.61. The Balaban J connectivity index is 1.53. The largest absolute Gasteiger partial charge is 0.477 e. The first-order valence-electron chi connectivity index (χ1n) is 10.3. The van der Waals surface area contributed by atoms with E-state index in [2.05, 4.69) is 10.4 Å². The topological polar surface area (TPSA) is 76.5 Å². The zero-order valence-corrected chi connectivity index (χ0v) is 18.0. The average molecular weight is 418 g/mol. The van der Waals surface area contributed by atoms with Crippen molar-refractivity contribution in [2.24, 2.45) is 7.05 Å². The van der Waals surface area contributed by atoms with Gasteiger partial charge in [0, 0.05) is 19.3 Å². The predicted molar refractivity (Wildman–Crippen MR) is 118 cm³/mol. The lowest BCUT2D eigenvalue weighted by atomic mass is 10.1. The molecule has 160 valence electrons. The van der Waals surface area contributed by atoms with Crippen molar-refractivity contribution in [3.63, 3.8) is 0 Å². The van der Waals surface area contributed by atoms with E-state index in [1.165, 1.54) is 0 Å². The highest BCUT2D eigenvalue weighted by atomic mass is 16.5. The Kier molecular flexibility index (Phi) is 5.75. The van der Waals surface area contributed by atoms with E-state index < -0.39 is 6.10 Å². The molecule has 1 aliphatic rings. The minimum absolute atomic E-state index is 0.140. The first kappa shape index (κ1) is 20.7. The Morgan fingerprint density at radius 3 is 2.52 bits per heavy atom. The van der Waals surface area contributed by atoms with Crippen molar-refractivity contribution < 1.29 is 14.3 Å². The monoisotopic (exact) mass is 418 g/mol. The Morgan fingerprint density at radius 1 is 1.10 bits per heavy atom. The molecule has 1 N–H and O–H groups in total. The van der Waals surface area contributed by atoms with Gasteiger partial charge in [-0.1, -0.05) is 42.5 Å². The van der Waals surface area contributed by atoms with Crippen molar-refractivity contribution in [2.75, 3.05) is 18.0 Å². The number of amides is 2. The normalized spacial score (nSPS) is 15.2. The molecule has 0 saturated heterocycles. The van der Waals surface area contributed by atoms with Crippen LogP contribution < -0.4 is 15.0 Å². The molecule has 1 aromatic heterocycles. The number of hydrogen-bond donors (Lipinski definition) is 1. The van der Waals surface area contributed by atoms with E-state index in [-0.39, 0.29) is 18.4 Å². The van der Waals surface area contributed by atoms with Crippen LogP contribution in [0.5, 0.6) is 5.75 Å². The van der Waals surface area contributed by atoms with Gasteiger partial charge in [-0.15, -0.1) is 0 Å². The quantitative estimate of drug-likeness (QED) is 0.691. The van der Waals surface area contributed by atoms with Crippen LogP contribution in [0.3, 0.4) is 0 Å². The number of nitrogens with zero attached hydrogens (tertiary/aromatic N) is 3. The Labute approximate surface area is 181 Å². The van der Waals surface area contributed by atoms with E-state index in [9.17, 15) is 9.59 Å². The highest BCUT2D eigenvalue weighted by Gasteiger charge is 2.35. The maximum absolute atomic E-state index is 13.5. The molecule has 4 rings (SSSR count). The van der Waals surface area contributed by atoms with Gasteiger partial charge in [-0.2, -0.15) is 5.10 Å². The standard InChI is InChI=1S/C24H26N4O3/c1-16-22(17(2)27(3)26-16)24(30)28-15-21(31-20-12-8-7-11-19(20)28)23(29)25-14-13-18-9-5-4-6-10-18/h4-12,21H,13-15H2,1-3H3,(H,25,29)/t21-/m1/s1. The summed E-state index contributed by atoms with van der Waals surface area (Å²) in [7, 11) is 1.81. The van der Waals surface area contributed by atoms with E-state index in [1.54, 1.807) is 15.6 Å². The average Bonchev–Trinajstić information content (AvgIpc) is 3.04. The number of hydrogen-bond acceptors (Lipinski definition) is 4. The zero-order valence-electron chi connectivity index (χ0n) is 18.0. The van der Waals surface area contributed by atoms with Crippen LogP contribution in [0.25, 0.3) is 0 Å². The number of aromatic nitrogens is 2. The van der Waals surface area contributed by atoms with Gasteiger partial charge >= 0.3 is 0 Å².